The van der Waals surface area contributed by atoms with E-state index in [4.69, 9.17) is 14.2 Å². The first-order chi connectivity index (χ1) is 25.6. The van der Waals surface area contributed by atoms with Crippen LogP contribution in [0.5, 0.6) is 0 Å². The summed E-state index contributed by atoms with van der Waals surface area (Å²) in [6, 6.07) is 14.8. The van der Waals surface area contributed by atoms with Crippen molar-refractivity contribution in [2.45, 2.75) is 67.8 Å². The van der Waals surface area contributed by atoms with Crippen LogP contribution in [0.25, 0.3) is 0 Å². The predicted octanol–water partition coefficient (Wildman–Crippen LogP) is 4.17. The van der Waals surface area contributed by atoms with Crippen molar-refractivity contribution >= 4 is 51.0 Å². The Labute approximate surface area is 320 Å². The van der Waals surface area contributed by atoms with Gasteiger partial charge in [0.25, 0.3) is 5.91 Å². The number of nitrogens with zero attached hydrogens (tertiary/aromatic N) is 3. The van der Waals surface area contributed by atoms with E-state index in [1.807, 2.05) is 30.3 Å². The molecule has 1 unspecified atom stereocenters. The van der Waals surface area contributed by atoms with Crippen molar-refractivity contribution < 1.29 is 38.5 Å². The zero-order valence-electron chi connectivity index (χ0n) is 30.7. The van der Waals surface area contributed by atoms with Crippen LogP contribution in [0.2, 0.25) is 0 Å². The molecule has 2 aromatic carbocycles. The molecule has 2 aromatic rings. The number of methoxy groups -OCH3 is 1. The highest BCUT2D eigenvalue weighted by Crippen LogP contribution is 2.60. The van der Waals surface area contributed by atoms with Gasteiger partial charge >= 0.3 is 5.97 Å². The monoisotopic (exact) mass is 794 g/mol. The number of β-amino-alcohol motifs (C(OH)–C–C–N with tert-alkyl or cyclic N) is 1. The lowest BCUT2D eigenvalue weighted by Gasteiger charge is -2.37. The van der Waals surface area contributed by atoms with Gasteiger partial charge in [0.15, 0.2) is 0 Å². The van der Waals surface area contributed by atoms with Crippen molar-refractivity contribution in [3.05, 3.63) is 85.5 Å². The van der Waals surface area contributed by atoms with Gasteiger partial charge in [-0.1, -0.05) is 58.4 Å². The standard InChI is InChI=1S/C40H51BrN4O8/c1-6-10-16-31(47)42-30(25-51-5)34(26-14-12-11-13-15-26)52-39(50)32-33-37(48)45(22-23-46)36(40(33)24-29(41)35(32)53-40)38(49)44(21-7-2)28-19-17-27(18-20-28)43(8-3)9-4/h6-7,11-15,17-20,29-30,32-36,46H,1-2,8-10,16,21-25H2,3-5H3,(H,42,47)/t29?,30-,32-,33+,34-,35-,36-,40+/m1/s1. The maximum absolute atomic E-state index is 14.8. The molecule has 3 aliphatic rings. The molecule has 0 aromatic heterocycles. The highest BCUT2D eigenvalue weighted by atomic mass is 79.9. The number of allylic oxidation sites excluding steroid dienone is 1. The minimum Gasteiger partial charge on any atom is -0.455 e. The summed E-state index contributed by atoms with van der Waals surface area (Å²) < 4.78 is 18.5. The largest absolute Gasteiger partial charge is 0.455 e. The number of halogens is 1. The summed E-state index contributed by atoms with van der Waals surface area (Å²) in [5, 5.41) is 13.1. The first kappa shape index (κ1) is 40.2. The van der Waals surface area contributed by atoms with Gasteiger partial charge in [-0.15, -0.1) is 13.2 Å². The molecular weight excluding hydrogens is 744 g/mol. The quantitative estimate of drug-likeness (QED) is 0.122. The molecule has 3 amide bonds. The topological polar surface area (TPSA) is 138 Å². The zero-order chi connectivity index (χ0) is 38.3. The number of benzene rings is 2. The van der Waals surface area contributed by atoms with Gasteiger partial charge in [0.05, 0.1) is 37.2 Å². The highest BCUT2D eigenvalue weighted by Gasteiger charge is 2.77. The summed E-state index contributed by atoms with van der Waals surface area (Å²) in [4.78, 5) is 61.5. The number of alkyl halides is 1. The number of aliphatic hydroxyl groups is 1. The number of esters is 1. The van der Waals surface area contributed by atoms with Crippen molar-refractivity contribution in [3.63, 3.8) is 0 Å². The SMILES string of the molecule is C=CCCC(=O)N[C@H](COC)[C@H](OC(=O)[C@H]1[C@@H]2O[C@@]3(CC2Br)[C@@H]1C(=O)N(CCO)[C@@H]3C(=O)N(CC=C)c1ccc(N(CC)CC)cc1)c1ccccc1. The summed E-state index contributed by atoms with van der Waals surface area (Å²) in [5.41, 5.74) is 0.881. The maximum atomic E-state index is 14.8. The molecule has 2 bridgehead atoms. The predicted molar refractivity (Wildman–Crippen MR) is 206 cm³/mol. The molecule has 12 nitrogen and oxygen atoms in total. The molecule has 3 heterocycles. The fraction of sp³-hybridized carbons (Fsp3) is 0.500. The lowest BCUT2D eigenvalue weighted by atomic mass is 9.70. The van der Waals surface area contributed by atoms with Crippen LogP contribution in [0.1, 0.15) is 44.8 Å². The number of carbonyl (C=O) groups is 4. The van der Waals surface area contributed by atoms with Crippen molar-refractivity contribution in [1.82, 2.24) is 10.2 Å². The van der Waals surface area contributed by atoms with Crippen LogP contribution in [0.4, 0.5) is 11.4 Å². The number of fused-ring (bicyclic) bond motifs is 1. The van der Waals surface area contributed by atoms with Gasteiger partial charge in [-0.05, 0) is 56.5 Å². The minimum absolute atomic E-state index is 0.0422. The Bertz CT molecular complexity index is 1620. The van der Waals surface area contributed by atoms with Gasteiger partial charge < -0.3 is 39.3 Å². The Balaban J connectivity index is 1.49. The van der Waals surface area contributed by atoms with Crippen molar-refractivity contribution in [2.24, 2.45) is 11.8 Å². The zero-order valence-corrected chi connectivity index (χ0v) is 32.3. The second-order valence-corrected chi connectivity index (χ2v) is 14.7. The van der Waals surface area contributed by atoms with Crippen LogP contribution in [0, 0.1) is 11.8 Å². The van der Waals surface area contributed by atoms with Crippen LogP contribution < -0.4 is 15.1 Å². The van der Waals surface area contributed by atoms with Crippen molar-refractivity contribution in [3.8, 4) is 0 Å². The van der Waals surface area contributed by atoms with E-state index in [0.29, 0.717) is 17.7 Å². The molecule has 13 heteroatoms. The molecule has 0 saturated carbocycles. The van der Waals surface area contributed by atoms with Crippen LogP contribution >= 0.6 is 15.9 Å². The summed E-state index contributed by atoms with van der Waals surface area (Å²) >= 11 is 3.72. The van der Waals surface area contributed by atoms with E-state index >= 15 is 0 Å². The molecule has 5 rings (SSSR count). The van der Waals surface area contributed by atoms with E-state index in [9.17, 15) is 24.3 Å². The van der Waals surface area contributed by atoms with Gasteiger partial charge in [-0.3, -0.25) is 19.2 Å². The minimum atomic E-state index is -1.38. The van der Waals surface area contributed by atoms with Gasteiger partial charge in [0.2, 0.25) is 11.8 Å². The van der Waals surface area contributed by atoms with E-state index in [0.717, 1.165) is 18.8 Å². The lowest BCUT2D eigenvalue weighted by Crippen LogP contribution is -2.57. The number of nitrogens with one attached hydrogen (secondary N) is 1. The Morgan fingerprint density at radius 3 is 2.38 bits per heavy atom. The Kier molecular flexibility index (Phi) is 13.5. The number of aliphatic hydroxyl groups excluding tert-OH is 1. The molecular formula is C40H51BrN4O8. The summed E-state index contributed by atoms with van der Waals surface area (Å²) in [5.74, 6) is -3.94. The number of rotatable bonds is 19. The first-order valence-electron chi connectivity index (χ1n) is 18.3. The van der Waals surface area contributed by atoms with Gasteiger partial charge in [0, 0.05) is 55.9 Å². The maximum Gasteiger partial charge on any atom is 0.313 e. The smallest absolute Gasteiger partial charge is 0.313 e. The fourth-order valence-electron chi connectivity index (χ4n) is 8.18. The van der Waals surface area contributed by atoms with Crippen LogP contribution in [0.15, 0.2) is 79.9 Å². The summed E-state index contributed by atoms with van der Waals surface area (Å²) in [6.07, 6.45) is 2.48. The van der Waals surface area contributed by atoms with E-state index in [-0.39, 0.29) is 43.3 Å². The van der Waals surface area contributed by atoms with Gasteiger partial charge in [-0.2, -0.15) is 0 Å². The Morgan fingerprint density at radius 1 is 1.09 bits per heavy atom. The molecule has 2 N–H and O–H groups in total. The number of hydrogen-bond donors (Lipinski definition) is 2. The molecule has 286 valence electrons. The van der Waals surface area contributed by atoms with E-state index < -0.39 is 66.1 Å². The van der Waals surface area contributed by atoms with Gasteiger partial charge in [-0.25, -0.2) is 0 Å². The van der Waals surface area contributed by atoms with Crippen LogP contribution in [-0.2, 0) is 33.4 Å². The van der Waals surface area contributed by atoms with Crippen molar-refractivity contribution in [2.75, 3.05) is 56.3 Å². The summed E-state index contributed by atoms with van der Waals surface area (Å²) in [6.45, 7) is 13.1. The molecule has 3 aliphatic heterocycles. The average Bonchev–Trinajstić information content (AvgIpc) is 3.76. The van der Waals surface area contributed by atoms with Gasteiger partial charge in [0.1, 0.15) is 17.7 Å². The Hall–Kier alpha value is -4.04. The molecule has 1 spiro atoms. The molecule has 0 aliphatic carbocycles. The van der Waals surface area contributed by atoms with Crippen LogP contribution in [0.3, 0.4) is 0 Å². The third-order valence-electron chi connectivity index (χ3n) is 10.5. The number of anilines is 2. The van der Waals surface area contributed by atoms with Crippen LogP contribution in [-0.4, -0.2) is 109 Å². The molecule has 3 fully saturated rings. The summed E-state index contributed by atoms with van der Waals surface area (Å²) in [7, 11) is 1.49. The highest BCUT2D eigenvalue weighted by molar-refractivity contribution is 9.09. The normalized spacial score (nSPS) is 25.3. The fourth-order valence-corrected chi connectivity index (χ4v) is 9.13. The molecule has 0 radical (unpaired) electrons. The van der Waals surface area contributed by atoms with E-state index in [2.05, 4.69) is 53.2 Å². The molecule has 3 saturated heterocycles. The molecule has 8 atom stereocenters. The van der Waals surface area contributed by atoms with E-state index in [1.165, 1.54) is 12.0 Å². The molecule has 53 heavy (non-hydrogen) atoms. The lowest BCUT2D eigenvalue weighted by molar-refractivity contribution is -0.163. The number of amides is 3. The Morgan fingerprint density at radius 2 is 1.77 bits per heavy atom. The van der Waals surface area contributed by atoms with Crippen molar-refractivity contribution in [1.29, 1.82) is 0 Å². The first-order valence-corrected chi connectivity index (χ1v) is 19.2. The number of hydrogen-bond acceptors (Lipinski definition) is 9. The number of ether oxygens (including phenoxy) is 3. The average molecular weight is 796 g/mol. The number of carbonyl (C=O) groups excluding carboxylic acids is 4. The third kappa shape index (κ3) is 7.94. The van der Waals surface area contributed by atoms with E-state index in [1.54, 1.807) is 41.3 Å². The second-order valence-electron chi connectivity index (χ2n) is 13.6. The number of likely N-dealkylation sites (tertiary alicyclic amines) is 1. The second kappa shape index (κ2) is 17.9. The third-order valence-corrected chi connectivity index (χ3v) is 11.4.